The zero-order valence-corrected chi connectivity index (χ0v) is 8.38. The second-order valence-corrected chi connectivity index (χ2v) is 3.59. The van der Waals surface area contributed by atoms with Crippen molar-refractivity contribution in [3.05, 3.63) is 12.2 Å². The number of hydrogen-bond acceptors (Lipinski definition) is 3. The van der Waals surface area contributed by atoms with E-state index in [4.69, 9.17) is 0 Å². The summed E-state index contributed by atoms with van der Waals surface area (Å²) in [6.07, 6.45) is 2.04. The van der Waals surface area contributed by atoms with Gasteiger partial charge < -0.3 is 9.64 Å². The second-order valence-electron chi connectivity index (χ2n) is 3.59. The van der Waals surface area contributed by atoms with Crippen LogP contribution >= 0.6 is 0 Å². The van der Waals surface area contributed by atoms with Crippen molar-refractivity contribution in [1.29, 1.82) is 0 Å². The maximum Gasteiger partial charge on any atom is 0.333 e. The molecule has 3 heteroatoms. The SMILES string of the molecule is C=C(C(=O)OC)C1CCN(C)CC1. The first-order valence-corrected chi connectivity index (χ1v) is 4.60. The van der Waals surface area contributed by atoms with Crippen LogP contribution in [0.3, 0.4) is 0 Å². The van der Waals surface area contributed by atoms with Gasteiger partial charge in [0.25, 0.3) is 0 Å². The maximum atomic E-state index is 11.2. The number of nitrogens with zero attached hydrogens (tertiary/aromatic N) is 1. The fraction of sp³-hybridized carbons (Fsp3) is 0.700. The summed E-state index contributed by atoms with van der Waals surface area (Å²) >= 11 is 0. The van der Waals surface area contributed by atoms with Crippen LogP contribution in [0.2, 0.25) is 0 Å². The van der Waals surface area contributed by atoms with Gasteiger partial charge in [0, 0.05) is 5.57 Å². The zero-order valence-electron chi connectivity index (χ0n) is 8.38. The van der Waals surface area contributed by atoms with Gasteiger partial charge >= 0.3 is 5.97 Å². The number of piperidine rings is 1. The molecule has 13 heavy (non-hydrogen) atoms. The lowest BCUT2D eigenvalue weighted by atomic mass is 9.90. The summed E-state index contributed by atoms with van der Waals surface area (Å²) in [6.45, 7) is 5.87. The van der Waals surface area contributed by atoms with Crippen molar-refractivity contribution in [2.24, 2.45) is 5.92 Å². The summed E-state index contributed by atoms with van der Waals surface area (Å²) in [4.78, 5) is 13.4. The van der Waals surface area contributed by atoms with Crippen molar-refractivity contribution in [3.63, 3.8) is 0 Å². The Morgan fingerprint density at radius 1 is 1.46 bits per heavy atom. The number of hydrogen-bond donors (Lipinski definition) is 0. The molecule has 0 aliphatic carbocycles. The molecule has 0 aromatic rings. The Bertz CT molecular complexity index is 205. The van der Waals surface area contributed by atoms with Gasteiger partial charge in [-0.15, -0.1) is 0 Å². The topological polar surface area (TPSA) is 29.5 Å². The first-order valence-electron chi connectivity index (χ1n) is 4.60. The highest BCUT2D eigenvalue weighted by Crippen LogP contribution is 2.23. The highest BCUT2D eigenvalue weighted by Gasteiger charge is 2.23. The molecule has 1 aliphatic heterocycles. The summed E-state index contributed by atoms with van der Waals surface area (Å²) in [5, 5.41) is 0. The molecule has 0 aromatic heterocycles. The predicted octanol–water partition coefficient (Wildman–Crippen LogP) is 1.06. The average Bonchev–Trinajstić information content (AvgIpc) is 2.17. The molecule has 0 N–H and O–H groups in total. The molecule has 0 aromatic carbocycles. The molecule has 0 atom stereocenters. The van der Waals surface area contributed by atoms with E-state index in [-0.39, 0.29) is 5.97 Å². The van der Waals surface area contributed by atoms with E-state index in [9.17, 15) is 4.79 Å². The van der Waals surface area contributed by atoms with Crippen LogP contribution in [0, 0.1) is 5.92 Å². The van der Waals surface area contributed by atoms with E-state index in [1.54, 1.807) is 0 Å². The van der Waals surface area contributed by atoms with Gasteiger partial charge in [0.15, 0.2) is 0 Å². The Morgan fingerprint density at radius 2 is 2.00 bits per heavy atom. The normalized spacial score (nSPS) is 19.8. The molecule has 0 spiro atoms. The van der Waals surface area contributed by atoms with E-state index in [2.05, 4.69) is 23.3 Å². The number of carbonyl (C=O) groups is 1. The number of methoxy groups -OCH3 is 1. The predicted molar refractivity (Wildman–Crippen MR) is 51.4 cm³/mol. The van der Waals surface area contributed by atoms with Crippen molar-refractivity contribution < 1.29 is 9.53 Å². The Kier molecular flexibility index (Phi) is 3.48. The van der Waals surface area contributed by atoms with Gasteiger partial charge in [-0.25, -0.2) is 4.79 Å². The van der Waals surface area contributed by atoms with Crippen molar-refractivity contribution in [1.82, 2.24) is 4.90 Å². The summed E-state index contributed by atoms with van der Waals surface area (Å²) in [7, 11) is 3.50. The van der Waals surface area contributed by atoms with Crippen molar-refractivity contribution in [2.45, 2.75) is 12.8 Å². The van der Waals surface area contributed by atoms with Crippen LogP contribution in [0.25, 0.3) is 0 Å². The van der Waals surface area contributed by atoms with Crippen LogP contribution < -0.4 is 0 Å². The molecule has 74 valence electrons. The maximum absolute atomic E-state index is 11.2. The minimum absolute atomic E-state index is 0.255. The lowest BCUT2D eigenvalue weighted by Gasteiger charge is -2.29. The van der Waals surface area contributed by atoms with Crippen LogP contribution in [0.4, 0.5) is 0 Å². The molecule has 0 saturated carbocycles. The van der Waals surface area contributed by atoms with Crippen molar-refractivity contribution in [2.75, 3.05) is 27.2 Å². The number of esters is 1. The van der Waals surface area contributed by atoms with Crippen LogP contribution in [-0.4, -0.2) is 38.1 Å². The summed E-state index contributed by atoms with van der Waals surface area (Å²) in [5.74, 6) is 0.0678. The molecule has 3 nitrogen and oxygen atoms in total. The molecular formula is C10H17NO2. The number of carbonyl (C=O) groups excluding carboxylic acids is 1. The van der Waals surface area contributed by atoms with Crippen LogP contribution in [-0.2, 0) is 9.53 Å². The van der Waals surface area contributed by atoms with Gasteiger partial charge in [0.2, 0.25) is 0 Å². The molecule has 0 amide bonds. The monoisotopic (exact) mass is 183 g/mol. The van der Waals surface area contributed by atoms with Crippen molar-refractivity contribution >= 4 is 5.97 Å². The minimum atomic E-state index is -0.255. The summed E-state index contributed by atoms with van der Waals surface area (Å²) in [5.41, 5.74) is 0.635. The molecule has 1 fully saturated rings. The van der Waals surface area contributed by atoms with E-state index >= 15 is 0 Å². The third-order valence-corrected chi connectivity index (χ3v) is 2.66. The van der Waals surface area contributed by atoms with Gasteiger partial charge in [-0.3, -0.25) is 0 Å². The lowest BCUT2D eigenvalue weighted by Crippen LogP contribution is -2.32. The van der Waals surface area contributed by atoms with E-state index in [1.807, 2.05) is 0 Å². The standard InChI is InChI=1S/C10H17NO2/c1-8(10(12)13-3)9-4-6-11(2)7-5-9/h9H,1,4-7H2,2-3H3. The Hall–Kier alpha value is -0.830. The third-order valence-electron chi connectivity index (χ3n) is 2.66. The lowest BCUT2D eigenvalue weighted by molar-refractivity contribution is -0.136. The highest BCUT2D eigenvalue weighted by atomic mass is 16.5. The van der Waals surface area contributed by atoms with Crippen molar-refractivity contribution in [3.8, 4) is 0 Å². The molecule has 1 saturated heterocycles. The molecular weight excluding hydrogens is 166 g/mol. The van der Waals surface area contributed by atoms with E-state index < -0.39 is 0 Å². The smallest absolute Gasteiger partial charge is 0.333 e. The highest BCUT2D eigenvalue weighted by molar-refractivity contribution is 5.88. The first-order chi connectivity index (χ1) is 6.15. The minimum Gasteiger partial charge on any atom is -0.466 e. The number of ether oxygens (including phenoxy) is 1. The molecule has 0 bridgehead atoms. The van der Waals surface area contributed by atoms with E-state index in [1.165, 1.54) is 7.11 Å². The quantitative estimate of drug-likeness (QED) is 0.473. The van der Waals surface area contributed by atoms with Crippen LogP contribution in [0.15, 0.2) is 12.2 Å². The van der Waals surface area contributed by atoms with Crippen LogP contribution in [0.5, 0.6) is 0 Å². The van der Waals surface area contributed by atoms with E-state index in [0.717, 1.165) is 25.9 Å². The van der Waals surface area contributed by atoms with Gasteiger partial charge in [0.1, 0.15) is 0 Å². The Labute approximate surface area is 79.4 Å². The van der Waals surface area contributed by atoms with E-state index in [0.29, 0.717) is 11.5 Å². The van der Waals surface area contributed by atoms with Gasteiger partial charge in [-0.2, -0.15) is 0 Å². The zero-order chi connectivity index (χ0) is 9.84. The van der Waals surface area contributed by atoms with Gasteiger partial charge in [-0.05, 0) is 38.9 Å². The number of rotatable bonds is 2. The molecule has 1 rings (SSSR count). The molecule has 1 heterocycles. The number of likely N-dealkylation sites (tertiary alicyclic amines) is 1. The first kappa shape index (κ1) is 10.3. The Morgan fingerprint density at radius 3 is 2.46 bits per heavy atom. The fourth-order valence-electron chi connectivity index (χ4n) is 1.65. The average molecular weight is 183 g/mol. The largest absolute Gasteiger partial charge is 0.466 e. The molecule has 0 radical (unpaired) electrons. The Balaban J connectivity index is 2.44. The van der Waals surface area contributed by atoms with Gasteiger partial charge in [0.05, 0.1) is 7.11 Å². The third kappa shape index (κ3) is 2.56. The fourth-order valence-corrected chi connectivity index (χ4v) is 1.65. The summed E-state index contributed by atoms with van der Waals surface area (Å²) < 4.78 is 4.64. The molecule has 0 unspecified atom stereocenters. The summed E-state index contributed by atoms with van der Waals surface area (Å²) in [6, 6.07) is 0. The van der Waals surface area contributed by atoms with Gasteiger partial charge in [-0.1, -0.05) is 6.58 Å². The van der Waals surface area contributed by atoms with Crippen LogP contribution in [0.1, 0.15) is 12.8 Å². The second kappa shape index (κ2) is 4.42. The molecule has 1 aliphatic rings.